The van der Waals surface area contributed by atoms with Crippen LogP contribution in [0.2, 0.25) is 72.5 Å². The third kappa shape index (κ3) is 18.8. The average Bonchev–Trinajstić information content (AvgIpc) is 3.19. The second kappa shape index (κ2) is 25.6. The molecule has 2 rings (SSSR count). The molecule has 0 radical (unpaired) electrons. The zero-order chi connectivity index (χ0) is 53.2. The van der Waals surface area contributed by atoms with Crippen molar-refractivity contribution in [2.24, 2.45) is 11.8 Å². The summed E-state index contributed by atoms with van der Waals surface area (Å²) in [6.45, 7) is 47.5. The Morgan fingerprint density at radius 2 is 1.26 bits per heavy atom. The Balaban J connectivity index is 2.71. The Hall–Kier alpha value is -0.802. The van der Waals surface area contributed by atoms with Crippen molar-refractivity contribution < 1.29 is 51.7 Å². The van der Waals surface area contributed by atoms with Crippen LogP contribution < -0.4 is 0 Å². The van der Waals surface area contributed by atoms with E-state index >= 15 is 0 Å². The molecule has 0 spiro atoms. The van der Waals surface area contributed by atoms with E-state index in [4.69, 9.17) is 36.7 Å². The molecule has 11 nitrogen and oxygen atoms in total. The van der Waals surface area contributed by atoms with Gasteiger partial charge in [0.15, 0.2) is 39.1 Å². The molecule has 1 unspecified atom stereocenters. The van der Waals surface area contributed by atoms with Gasteiger partial charge in [-0.2, -0.15) is 0 Å². The number of hydrogen-bond acceptors (Lipinski definition) is 11. The van der Waals surface area contributed by atoms with E-state index in [9.17, 15) is 15.0 Å². The van der Waals surface area contributed by atoms with Crippen LogP contribution in [0.3, 0.4) is 0 Å². The van der Waals surface area contributed by atoms with Crippen LogP contribution in [0.5, 0.6) is 0 Å². The lowest BCUT2D eigenvalue weighted by Crippen LogP contribution is -2.61. The van der Waals surface area contributed by atoms with Crippen molar-refractivity contribution in [1.82, 2.24) is 0 Å². The molecule has 2 N–H and O–H groups in total. The molecular formula is C54H106O11Si4. The molecule has 1 aliphatic heterocycles. The van der Waals surface area contributed by atoms with Crippen LogP contribution in [0.1, 0.15) is 147 Å². The second-order valence-electron chi connectivity index (χ2n) is 26.5. The monoisotopic (exact) mass is 1040 g/mol. The predicted octanol–water partition coefficient (Wildman–Crippen LogP) is 13.4. The highest BCUT2D eigenvalue weighted by molar-refractivity contribution is 6.75. The maximum Gasteiger partial charge on any atom is 0.313 e. The van der Waals surface area contributed by atoms with Crippen LogP contribution >= 0.6 is 0 Å². The fourth-order valence-electron chi connectivity index (χ4n) is 8.12. The largest absolute Gasteiger partial charge is 0.469 e. The molecule has 1 heterocycles. The number of rotatable bonds is 27. The predicted molar refractivity (Wildman–Crippen MR) is 294 cm³/mol. The summed E-state index contributed by atoms with van der Waals surface area (Å²) in [6, 6.07) is 10.1. The van der Waals surface area contributed by atoms with E-state index < -0.39 is 69.4 Å². The molecule has 9 atom stereocenters. The van der Waals surface area contributed by atoms with E-state index in [1.807, 2.05) is 18.2 Å². The van der Waals surface area contributed by atoms with Crippen molar-refractivity contribution >= 4 is 39.2 Å². The van der Waals surface area contributed by atoms with Gasteiger partial charge in [-0.1, -0.05) is 120 Å². The molecule has 69 heavy (non-hydrogen) atoms. The van der Waals surface area contributed by atoms with Crippen LogP contribution in [-0.2, 0) is 48.1 Å². The van der Waals surface area contributed by atoms with Crippen LogP contribution in [0.15, 0.2) is 30.3 Å². The van der Waals surface area contributed by atoms with Gasteiger partial charge in [0.1, 0.15) is 5.92 Å². The first-order valence-corrected chi connectivity index (χ1v) is 37.9. The summed E-state index contributed by atoms with van der Waals surface area (Å²) in [5.41, 5.74) is 1.07. The number of ether oxygens (including phenoxy) is 4. The van der Waals surface area contributed by atoms with Gasteiger partial charge in [-0.3, -0.25) is 4.79 Å². The number of methoxy groups -OCH3 is 2. The molecule has 0 aromatic heterocycles. The van der Waals surface area contributed by atoms with Crippen molar-refractivity contribution in [2.45, 2.75) is 263 Å². The third-order valence-electron chi connectivity index (χ3n) is 16.9. The van der Waals surface area contributed by atoms with Crippen LogP contribution in [0, 0.1) is 11.8 Å². The smallest absolute Gasteiger partial charge is 0.313 e. The number of benzene rings is 1. The first-order chi connectivity index (χ1) is 31.3. The van der Waals surface area contributed by atoms with Gasteiger partial charge in [0.2, 0.25) is 0 Å². The lowest BCUT2D eigenvalue weighted by Gasteiger charge is -2.52. The minimum Gasteiger partial charge on any atom is -0.469 e. The highest BCUT2D eigenvalue weighted by Crippen LogP contribution is 2.48. The summed E-state index contributed by atoms with van der Waals surface area (Å²) in [6.07, 6.45) is 1.34. The standard InChI is InChI=1S/C54H106O11Si4/c1-24-41(37-55)45(64-68(20,21)52(8,9)10)33-42(56)31-28-32-43(62-66(16,17)50(2,3)4)35-54(59-15)36-47(65-69(22,23)53(11,12)13)48(49(57)58-14)46(61-54)34-44(63-67(18,19)51(5,6)7)39-60-38-40-29-26-25-27-30-40/h25-27,29-30,41-48,55-56H,24,28,31-39H2,1-23H3/t41-,42?,43+,44-,45-,46+,47+,48+,54-/m1/s1. The van der Waals surface area contributed by atoms with Gasteiger partial charge in [0.05, 0.1) is 56.9 Å². The quantitative estimate of drug-likeness (QED) is 0.0645. The molecule has 15 heteroatoms. The molecule has 0 saturated carbocycles. The molecule has 1 fully saturated rings. The fraction of sp³-hybridized carbons (Fsp3) is 0.870. The van der Waals surface area contributed by atoms with Gasteiger partial charge in [-0.05, 0) is 110 Å². The molecule has 0 aliphatic carbocycles. The van der Waals surface area contributed by atoms with Crippen molar-refractivity contribution in [1.29, 1.82) is 0 Å². The highest BCUT2D eigenvalue weighted by Gasteiger charge is 2.56. The third-order valence-corrected chi connectivity index (χ3v) is 34.9. The van der Waals surface area contributed by atoms with E-state index in [0.29, 0.717) is 58.2 Å². The van der Waals surface area contributed by atoms with Crippen molar-refractivity contribution in [3.05, 3.63) is 35.9 Å². The highest BCUT2D eigenvalue weighted by atomic mass is 28.4. The van der Waals surface area contributed by atoms with Crippen molar-refractivity contribution in [3.8, 4) is 0 Å². The normalized spacial score (nSPS) is 22.8. The van der Waals surface area contributed by atoms with Crippen LogP contribution in [0.25, 0.3) is 0 Å². The number of aliphatic hydroxyl groups excluding tert-OH is 2. The maximum absolute atomic E-state index is 14.3. The minimum absolute atomic E-state index is 0.00379. The molecule has 1 aromatic carbocycles. The topological polar surface area (TPSA) is 131 Å². The Morgan fingerprint density at radius 1 is 0.754 bits per heavy atom. The van der Waals surface area contributed by atoms with Gasteiger partial charge < -0.3 is 46.9 Å². The first kappa shape index (κ1) is 64.3. The SMILES string of the molecule is CC[C@H](CO)[C@@H](CC(O)CCC[C@@H](C[C@]1(OC)C[C@H](O[Si](C)(C)C(C)(C)C)[C@@H](C(=O)OC)[C@H](C[C@H](COCc2ccccc2)O[Si](C)(C)C(C)(C)C)O1)O[Si](C)(C)C(C)(C)C)O[Si](C)(C)C(C)(C)C. The van der Waals surface area contributed by atoms with E-state index in [-0.39, 0.29) is 50.9 Å². The van der Waals surface area contributed by atoms with Crippen molar-refractivity contribution in [3.63, 3.8) is 0 Å². The minimum atomic E-state index is -2.49. The Kier molecular flexibility index (Phi) is 23.9. The molecule has 1 aliphatic rings. The number of carbonyl (C=O) groups excluding carboxylic acids is 1. The molecule has 0 amide bonds. The van der Waals surface area contributed by atoms with Gasteiger partial charge >= 0.3 is 5.97 Å². The van der Waals surface area contributed by atoms with Gasteiger partial charge in [0.25, 0.3) is 0 Å². The first-order valence-electron chi connectivity index (χ1n) is 26.2. The van der Waals surface area contributed by atoms with E-state index in [0.717, 1.165) is 12.0 Å². The zero-order valence-corrected chi connectivity index (χ0v) is 52.4. The Morgan fingerprint density at radius 3 is 1.72 bits per heavy atom. The second-order valence-corrected chi connectivity index (χ2v) is 45.5. The maximum atomic E-state index is 14.3. The molecule has 1 aromatic rings. The van der Waals surface area contributed by atoms with Crippen molar-refractivity contribution in [2.75, 3.05) is 27.4 Å². The summed E-state index contributed by atoms with van der Waals surface area (Å²) in [5.74, 6) is -2.39. The van der Waals surface area contributed by atoms with Gasteiger partial charge in [0, 0.05) is 38.9 Å². The molecule has 404 valence electrons. The van der Waals surface area contributed by atoms with E-state index in [1.165, 1.54) is 7.11 Å². The lowest BCUT2D eigenvalue weighted by atomic mass is 9.82. The summed E-state index contributed by atoms with van der Waals surface area (Å²) < 4.78 is 54.9. The summed E-state index contributed by atoms with van der Waals surface area (Å²) in [5, 5.41) is 21.9. The zero-order valence-electron chi connectivity index (χ0n) is 48.4. The van der Waals surface area contributed by atoms with E-state index in [2.05, 4.69) is 155 Å². The van der Waals surface area contributed by atoms with Gasteiger partial charge in [-0.15, -0.1) is 0 Å². The van der Waals surface area contributed by atoms with Crippen LogP contribution in [0.4, 0.5) is 0 Å². The average molecular weight is 1040 g/mol. The number of carbonyl (C=O) groups is 1. The molecule has 1 saturated heterocycles. The summed E-state index contributed by atoms with van der Waals surface area (Å²) >= 11 is 0. The number of esters is 1. The van der Waals surface area contributed by atoms with Crippen LogP contribution in [-0.4, -0.2) is 119 Å². The lowest BCUT2D eigenvalue weighted by molar-refractivity contribution is -0.309. The van der Waals surface area contributed by atoms with Gasteiger partial charge in [-0.25, -0.2) is 0 Å². The Bertz CT molecular complexity index is 1660. The number of aliphatic hydroxyl groups is 2. The molecular weight excluding hydrogens is 937 g/mol. The summed E-state index contributed by atoms with van der Waals surface area (Å²) in [7, 11) is -6.26. The fourth-order valence-corrected chi connectivity index (χ4v) is 13.6. The summed E-state index contributed by atoms with van der Waals surface area (Å²) in [4.78, 5) is 14.3. The van der Waals surface area contributed by atoms with E-state index in [1.54, 1.807) is 7.11 Å². The molecule has 0 bridgehead atoms. The number of hydrogen-bond donors (Lipinski definition) is 2. The Labute approximate surface area is 427 Å².